The van der Waals surface area contributed by atoms with Crippen LogP contribution >= 0.6 is 0 Å². The molecule has 0 unspecified atom stereocenters. The monoisotopic (exact) mass is 722 g/mol. The quantitative estimate of drug-likeness (QED) is 0.0880. The number of carboxylic acid groups (broad SMARTS) is 1. The van der Waals surface area contributed by atoms with Crippen LogP contribution in [0.5, 0.6) is 0 Å². The molecule has 52 heavy (non-hydrogen) atoms. The SMILES string of the molecule is CC(C)C[C@H](NC(=O)[C@H](CC(C)C)NC(=O)[C@@H](CCCCN)NC(=O)[C@@H](CCCCN)NC(=O)OCC1c2ccccc2-c2ccccc21)C(=O)O. The summed E-state index contributed by atoms with van der Waals surface area (Å²) in [4.78, 5) is 65.9. The minimum absolute atomic E-state index is 0.0111. The van der Waals surface area contributed by atoms with Gasteiger partial charge in [0.15, 0.2) is 0 Å². The van der Waals surface area contributed by atoms with Crippen molar-refractivity contribution in [3.05, 3.63) is 59.7 Å². The Bertz CT molecular complexity index is 1450. The highest BCUT2D eigenvalue weighted by molar-refractivity contribution is 5.94. The summed E-state index contributed by atoms with van der Waals surface area (Å²) in [5.74, 6) is -3.10. The Morgan fingerprint density at radius 2 is 1.06 bits per heavy atom. The number of carboxylic acids is 1. The molecule has 13 nitrogen and oxygen atoms in total. The number of ether oxygens (including phenoxy) is 1. The van der Waals surface area contributed by atoms with E-state index in [-0.39, 0.29) is 50.0 Å². The van der Waals surface area contributed by atoms with E-state index in [0.29, 0.717) is 38.8 Å². The maximum Gasteiger partial charge on any atom is 0.407 e. The zero-order chi connectivity index (χ0) is 38.2. The van der Waals surface area contributed by atoms with Crippen LogP contribution in [0.3, 0.4) is 0 Å². The Balaban J connectivity index is 1.73. The lowest BCUT2D eigenvalue weighted by Gasteiger charge is -2.27. The molecule has 0 saturated carbocycles. The first-order valence-corrected chi connectivity index (χ1v) is 18.5. The normalized spacial score (nSPS) is 14.5. The van der Waals surface area contributed by atoms with Gasteiger partial charge in [0, 0.05) is 5.92 Å². The lowest BCUT2D eigenvalue weighted by Crippen LogP contribution is -2.58. The van der Waals surface area contributed by atoms with Crippen LogP contribution in [0.25, 0.3) is 11.1 Å². The fraction of sp³-hybridized carbons (Fsp3) is 0.564. The van der Waals surface area contributed by atoms with Gasteiger partial charge in [0.25, 0.3) is 0 Å². The van der Waals surface area contributed by atoms with Crippen LogP contribution in [-0.2, 0) is 23.9 Å². The number of rotatable bonds is 22. The standard InChI is InChI=1S/C39H58N6O7/c1-24(2)21-33(37(48)44-34(38(49)50)22-25(3)4)43-35(46)31(17-9-11-19-40)42-36(47)32(18-10-12-20-41)45-39(51)52-23-30-28-15-7-5-13-26(28)27-14-6-8-16-29(27)30/h5-8,13-16,24-25,30-34H,9-12,17-23,40-41H2,1-4H3,(H,42,47)(H,43,46)(H,44,48)(H,45,51)(H,49,50)/t31-,32-,33+,34+/m1/s1. The van der Waals surface area contributed by atoms with Crippen molar-refractivity contribution in [1.82, 2.24) is 21.3 Å². The number of nitrogens with one attached hydrogen (secondary N) is 4. The number of fused-ring (bicyclic) bond motifs is 3. The Hall–Kier alpha value is -4.49. The van der Waals surface area contributed by atoms with Crippen LogP contribution < -0.4 is 32.7 Å². The summed E-state index contributed by atoms with van der Waals surface area (Å²) in [5, 5.41) is 20.5. The third-order valence-electron chi connectivity index (χ3n) is 9.14. The van der Waals surface area contributed by atoms with E-state index in [0.717, 1.165) is 22.3 Å². The van der Waals surface area contributed by atoms with E-state index >= 15 is 0 Å². The van der Waals surface area contributed by atoms with Crippen molar-refractivity contribution in [3.63, 3.8) is 0 Å². The lowest BCUT2D eigenvalue weighted by molar-refractivity contribution is -0.143. The van der Waals surface area contributed by atoms with E-state index in [1.807, 2.05) is 76.2 Å². The summed E-state index contributed by atoms with van der Waals surface area (Å²) in [6.07, 6.45) is 2.49. The number of carbonyl (C=O) groups excluding carboxylic acids is 4. The molecule has 0 radical (unpaired) electrons. The number of carbonyl (C=O) groups is 5. The second-order valence-corrected chi connectivity index (χ2v) is 14.4. The zero-order valence-corrected chi connectivity index (χ0v) is 31.0. The number of benzene rings is 2. The summed E-state index contributed by atoms with van der Waals surface area (Å²) in [5.41, 5.74) is 15.7. The highest BCUT2D eigenvalue weighted by Crippen LogP contribution is 2.44. The fourth-order valence-corrected chi connectivity index (χ4v) is 6.52. The fourth-order valence-electron chi connectivity index (χ4n) is 6.52. The van der Waals surface area contributed by atoms with Gasteiger partial charge in [-0.15, -0.1) is 0 Å². The molecule has 0 aromatic heterocycles. The van der Waals surface area contributed by atoms with Crippen LogP contribution in [0, 0.1) is 11.8 Å². The molecule has 0 spiro atoms. The summed E-state index contributed by atoms with van der Waals surface area (Å²) in [6, 6.07) is 11.8. The van der Waals surface area contributed by atoms with E-state index in [1.165, 1.54) is 0 Å². The number of alkyl carbamates (subject to hydrolysis) is 1. The molecule has 3 rings (SSSR count). The van der Waals surface area contributed by atoms with Crippen molar-refractivity contribution >= 4 is 29.8 Å². The number of hydrogen-bond donors (Lipinski definition) is 7. The predicted molar refractivity (Wildman–Crippen MR) is 200 cm³/mol. The maximum atomic E-state index is 13.8. The van der Waals surface area contributed by atoms with Crippen molar-refractivity contribution in [2.24, 2.45) is 23.3 Å². The molecule has 1 aliphatic rings. The van der Waals surface area contributed by atoms with Gasteiger partial charge in [0.05, 0.1) is 0 Å². The molecule has 0 saturated heterocycles. The lowest BCUT2D eigenvalue weighted by atomic mass is 9.98. The van der Waals surface area contributed by atoms with Crippen LogP contribution in [0.15, 0.2) is 48.5 Å². The third kappa shape index (κ3) is 12.6. The van der Waals surface area contributed by atoms with Gasteiger partial charge in [0.2, 0.25) is 17.7 Å². The van der Waals surface area contributed by atoms with E-state index in [9.17, 15) is 29.1 Å². The average molecular weight is 723 g/mol. The molecule has 13 heteroatoms. The van der Waals surface area contributed by atoms with E-state index in [4.69, 9.17) is 16.2 Å². The van der Waals surface area contributed by atoms with Crippen molar-refractivity contribution in [2.75, 3.05) is 19.7 Å². The second kappa shape index (κ2) is 21.1. The summed E-state index contributed by atoms with van der Waals surface area (Å²) < 4.78 is 5.71. The average Bonchev–Trinajstić information content (AvgIpc) is 3.42. The largest absolute Gasteiger partial charge is 0.480 e. The topological polar surface area (TPSA) is 215 Å². The zero-order valence-electron chi connectivity index (χ0n) is 31.0. The molecular formula is C39H58N6O7. The van der Waals surface area contributed by atoms with Crippen molar-refractivity contribution in [1.29, 1.82) is 0 Å². The van der Waals surface area contributed by atoms with Gasteiger partial charge in [-0.1, -0.05) is 76.2 Å². The molecule has 0 fully saturated rings. The highest BCUT2D eigenvalue weighted by atomic mass is 16.5. The molecule has 4 amide bonds. The molecule has 9 N–H and O–H groups in total. The molecule has 2 aromatic carbocycles. The minimum Gasteiger partial charge on any atom is -0.480 e. The minimum atomic E-state index is -1.16. The number of amides is 4. The summed E-state index contributed by atoms with van der Waals surface area (Å²) >= 11 is 0. The van der Waals surface area contributed by atoms with Crippen molar-refractivity contribution < 1.29 is 33.8 Å². The van der Waals surface area contributed by atoms with Gasteiger partial charge < -0.3 is 42.6 Å². The van der Waals surface area contributed by atoms with E-state index < -0.39 is 54.0 Å². The van der Waals surface area contributed by atoms with Gasteiger partial charge in [0.1, 0.15) is 30.8 Å². The molecule has 0 heterocycles. The smallest absolute Gasteiger partial charge is 0.407 e. The van der Waals surface area contributed by atoms with Crippen LogP contribution in [0.1, 0.15) is 96.1 Å². The number of hydrogen-bond acceptors (Lipinski definition) is 8. The Morgan fingerprint density at radius 1 is 0.635 bits per heavy atom. The first kappa shape index (κ1) is 41.9. The molecular weight excluding hydrogens is 664 g/mol. The maximum absolute atomic E-state index is 13.8. The molecule has 0 bridgehead atoms. The summed E-state index contributed by atoms with van der Waals surface area (Å²) in [7, 11) is 0. The second-order valence-electron chi connectivity index (χ2n) is 14.4. The molecule has 2 aromatic rings. The Kier molecular flexibility index (Phi) is 17.0. The summed E-state index contributed by atoms with van der Waals surface area (Å²) in [6.45, 7) is 8.35. The van der Waals surface area contributed by atoms with Gasteiger partial charge in [-0.3, -0.25) is 14.4 Å². The number of nitrogens with two attached hydrogens (primary N) is 2. The third-order valence-corrected chi connectivity index (χ3v) is 9.14. The van der Waals surface area contributed by atoms with Gasteiger partial charge in [-0.05, 0) is 98.5 Å². The molecule has 286 valence electrons. The highest BCUT2D eigenvalue weighted by Gasteiger charge is 2.33. The van der Waals surface area contributed by atoms with Crippen LogP contribution in [0.4, 0.5) is 4.79 Å². The predicted octanol–water partition coefficient (Wildman–Crippen LogP) is 3.78. The van der Waals surface area contributed by atoms with Gasteiger partial charge in [-0.25, -0.2) is 9.59 Å². The van der Waals surface area contributed by atoms with Crippen LogP contribution in [-0.4, -0.2) is 78.8 Å². The van der Waals surface area contributed by atoms with E-state index in [1.54, 1.807) is 0 Å². The molecule has 1 aliphatic carbocycles. The van der Waals surface area contributed by atoms with Crippen molar-refractivity contribution in [2.45, 2.75) is 109 Å². The van der Waals surface area contributed by atoms with Gasteiger partial charge >= 0.3 is 12.1 Å². The first-order valence-electron chi connectivity index (χ1n) is 18.5. The first-order chi connectivity index (χ1) is 24.9. The van der Waals surface area contributed by atoms with E-state index in [2.05, 4.69) is 21.3 Å². The van der Waals surface area contributed by atoms with Gasteiger partial charge in [-0.2, -0.15) is 0 Å². The van der Waals surface area contributed by atoms with Crippen molar-refractivity contribution in [3.8, 4) is 11.1 Å². The Labute approximate surface area is 307 Å². The Morgan fingerprint density at radius 3 is 1.54 bits per heavy atom. The number of aliphatic carboxylic acids is 1. The molecule has 0 aliphatic heterocycles. The number of unbranched alkanes of at least 4 members (excludes halogenated alkanes) is 2. The molecule has 4 atom stereocenters. The van der Waals surface area contributed by atoms with Crippen LogP contribution in [0.2, 0.25) is 0 Å².